The largest absolute Gasteiger partial charge is 0.291 e. The predicted molar refractivity (Wildman–Crippen MR) is 55.1 cm³/mol. The van der Waals surface area contributed by atoms with Crippen LogP contribution >= 0.6 is 23.2 Å². The Labute approximate surface area is 87.7 Å². The van der Waals surface area contributed by atoms with Crippen LogP contribution in [0.1, 0.15) is 18.4 Å². The summed E-state index contributed by atoms with van der Waals surface area (Å²) in [6.07, 6.45) is 3.97. The minimum absolute atomic E-state index is 0.472. The van der Waals surface area contributed by atoms with Crippen LogP contribution in [0.2, 0.25) is 10.0 Å². The van der Waals surface area contributed by atoms with Gasteiger partial charge in [-0.1, -0.05) is 29.3 Å². The van der Waals surface area contributed by atoms with E-state index in [9.17, 15) is 4.79 Å². The molecule has 0 unspecified atom stereocenters. The molecule has 0 heterocycles. The highest BCUT2D eigenvalue weighted by molar-refractivity contribution is 6.42. The highest BCUT2D eigenvalue weighted by atomic mass is 35.5. The number of aryl methyl sites for hydroxylation is 1. The monoisotopic (exact) mass is 215 g/mol. The molecule has 0 fully saturated rings. The molecule has 0 bridgehead atoms. The average Bonchev–Trinajstić information content (AvgIpc) is 2.12. The van der Waals surface area contributed by atoms with E-state index in [0.29, 0.717) is 16.5 Å². The van der Waals surface area contributed by atoms with E-state index in [1.807, 2.05) is 18.4 Å². The maximum Gasteiger partial charge on any atom is 0.198 e. The molecular formula is C10H9Cl2O. The Kier molecular flexibility index (Phi) is 4.26. The Morgan fingerprint density at radius 1 is 1.23 bits per heavy atom. The van der Waals surface area contributed by atoms with Crippen LogP contribution in [0.25, 0.3) is 0 Å². The zero-order valence-electron chi connectivity index (χ0n) is 7.02. The fraction of sp³-hybridized carbons (Fsp3) is 0.300. The molecule has 1 aromatic carbocycles. The normalized spacial score (nSPS) is 10.0. The van der Waals surface area contributed by atoms with E-state index in [2.05, 4.69) is 0 Å². The van der Waals surface area contributed by atoms with Crippen molar-refractivity contribution < 1.29 is 4.79 Å². The summed E-state index contributed by atoms with van der Waals surface area (Å²) in [6.45, 7) is 0. The van der Waals surface area contributed by atoms with Gasteiger partial charge in [0, 0.05) is 6.42 Å². The van der Waals surface area contributed by atoms with Crippen molar-refractivity contribution in [3.63, 3.8) is 0 Å². The van der Waals surface area contributed by atoms with E-state index < -0.39 is 0 Å². The second-order valence-electron chi connectivity index (χ2n) is 2.75. The molecule has 0 atom stereocenters. The van der Waals surface area contributed by atoms with Gasteiger partial charge in [0.15, 0.2) is 6.29 Å². The summed E-state index contributed by atoms with van der Waals surface area (Å²) in [6, 6.07) is 5.51. The van der Waals surface area contributed by atoms with Gasteiger partial charge in [-0.15, -0.1) is 0 Å². The first kappa shape index (κ1) is 10.6. The first-order valence-corrected chi connectivity index (χ1v) is 4.78. The lowest BCUT2D eigenvalue weighted by Gasteiger charge is -2.00. The van der Waals surface area contributed by atoms with Crippen molar-refractivity contribution in [1.82, 2.24) is 0 Å². The van der Waals surface area contributed by atoms with Gasteiger partial charge < -0.3 is 0 Å². The molecule has 1 aromatic rings. The number of halogens is 2. The third-order valence-corrected chi connectivity index (χ3v) is 2.47. The highest BCUT2D eigenvalue weighted by Crippen LogP contribution is 2.23. The lowest BCUT2D eigenvalue weighted by Crippen LogP contribution is -1.86. The van der Waals surface area contributed by atoms with Crippen molar-refractivity contribution in [3.8, 4) is 0 Å². The van der Waals surface area contributed by atoms with Crippen LogP contribution in [0, 0.1) is 0 Å². The maximum absolute atomic E-state index is 9.94. The van der Waals surface area contributed by atoms with Gasteiger partial charge in [0.1, 0.15) is 0 Å². The van der Waals surface area contributed by atoms with Crippen molar-refractivity contribution in [3.05, 3.63) is 33.8 Å². The zero-order valence-corrected chi connectivity index (χ0v) is 8.53. The van der Waals surface area contributed by atoms with Gasteiger partial charge >= 0.3 is 0 Å². The maximum atomic E-state index is 9.94. The highest BCUT2D eigenvalue weighted by Gasteiger charge is 1.98. The van der Waals surface area contributed by atoms with Crippen molar-refractivity contribution in [2.24, 2.45) is 0 Å². The van der Waals surface area contributed by atoms with Gasteiger partial charge in [0.25, 0.3) is 0 Å². The molecule has 0 aliphatic heterocycles. The number of benzene rings is 1. The average molecular weight is 216 g/mol. The molecule has 1 radical (unpaired) electrons. The molecule has 0 saturated heterocycles. The minimum atomic E-state index is 0.472. The smallest absolute Gasteiger partial charge is 0.198 e. The van der Waals surface area contributed by atoms with E-state index in [1.54, 1.807) is 6.07 Å². The van der Waals surface area contributed by atoms with Crippen molar-refractivity contribution in [1.29, 1.82) is 0 Å². The van der Waals surface area contributed by atoms with Crippen molar-refractivity contribution >= 4 is 29.5 Å². The zero-order chi connectivity index (χ0) is 9.68. The first-order valence-electron chi connectivity index (χ1n) is 4.03. The summed E-state index contributed by atoms with van der Waals surface area (Å²) in [5.41, 5.74) is 1.10. The lowest BCUT2D eigenvalue weighted by molar-refractivity contribution is 0.548. The van der Waals surface area contributed by atoms with Crippen LogP contribution in [0.3, 0.4) is 0 Å². The molecule has 3 heteroatoms. The molecule has 0 spiro atoms. The van der Waals surface area contributed by atoms with Crippen LogP contribution in [0.15, 0.2) is 18.2 Å². The van der Waals surface area contributed by atoms with E-state index in [0.717, 1.165) is 18.4 Å². The number of hydrogen-bond donors (Lipinski definition) is 0. The molecule has 0 amide bonds. The van der Waals surface area contributed by atoms with Crippen LogP contribution in [0.5, 0.6) is 0 Å². The Morgan fingerprint density at radius 3 is 2.62 bits per heavy atom. The number of carbonyl (C=O) groups excluding carboxylic acids is 1. The van der Waals surface area contributed by atoms with Gasteiger partial charge in [0.05, 0.1) is 10.0 Å². The number of hydrogen-bond acceptors (Lipinski definition) is 1. The van der Waals surface area contributed by atoms with Crippen LogP contribution in [0.4, 0.5) is 0 Å². The lowest BCUT2D eigenvalue weighted by atomic mass is 10.1. The molecule has 0 aromatic heterocycles. The number of unbranched alkanes of at least 4 members (excludes halogenated alkanes) is 1. The molecule has 0 saturated carbocycles. The van der Waals surface area contributed by atoms with E-state index >= 15 is 0 Å². The predicted octanol–water partition coefficient (Wildman–Crippen LogP) is 3.43. The molecule has 69 valence electrons. The fourth-order valence-corrected chi connectivity index (χ4v) is 1.38. The fourth-order valence-electron chi connectivity index (χ4n) is 1.06. The van der Waals surface area contributed by atoms with Crippen molar-refractivity contribution in [2.45, 2.75) is 19.3 Å². The topological polar surface area (TPSA) is 17.1 Å². The Hall–Kier alpha value is -0.530. The molecule has 0 aliphatic carbocycles. The van der Waals surface area contributed by atoms with Gasteiger partial charge in [0.2, 0.25) is 0 Å². The van der Waals surface area contributed by atoms with Crippen LogP contribution in [-0.2, 0) is 11.2 Å². The summed E-state index contributed by atoms with van der Waals surface area (Å²) in [5.74, 6) is 0. The molecule has 0 N–H and O–H groups in total. The van der Waals surface area contributed by atoms with Gasteiger partial charge in [-0.3, -0.25) is 4.79 Å². The first-order chi connectivity index (χ1) is 6.24. The van der Waals surface area contributed by atoms with Gasteiger partial charge in [-0.2, -0.15) is 0 Å². The van der Waals surface area contributed by atoms with Crippen LogP contribution < -0.4 is 0 Å². The second-order valence-corrected chi connectivity index (χ2v) is 3.56. The van der Waals surface area contributed by atoms with E-state index in [-0.39, 0.29) is 0 Å². The minimum Gasteiger partial charge on any atom is -0.291 e. The molecule has 1 nitrogen and oxygen atoms in total. The molecule has 0 aliphatic rings. The van der Waals surface area contributed by atoms with E-state index in [4.69, 9.17) is 23.2 Å². The standard InChI is InChI=1S/C10H9Cl2O/c11-9-5-4-8(7-10(9)12)3-1-2-6-13/h4-5,7H,1-3H2. The van der Waals surface area contributed by atoms with Gasteiger partial charge in [-0.05, 0) is 30.5 Å². The van der Waals surface area contributed by atoms with Crippen molar-refractivity contribution in [2.75, 3.05) is 0 Å². The van der Waals surface area contributed by atoms with E-state index in [1.165, 1.54) is 0 Å². The summed E-state index contributed by atoms with van der Waals surface area (Å²) >= 11 is 11.6. The molecule has 13 heavy (non-hydrogen) atoms. The summed E-state index contributed by atoms with van der Waals surface area (Å²) < 4.78 is 0. The third-order valence-electron chi connectivity index (χ3n) is 1.73. The SMILES string of the molecule is O=[C]CCCc1ccc(Cl)c(Cl)c1. The Morgan fingerprint density at radius 2 is 2.00 bits per heavy atom. The molecule has 1 rings (SSSR count). The Bertz CT molecular complexity index is 297. The van der Waals surface area contributed by atoms with Crippen LogP contribution in [-0.4, -0.2) is 6.29 Å². The molecular weight excluding hydrogens is 207 g/mol. The third kappa shape index (κ3) is 3.37. The Balaban J connectivity index is 2.57. The summed E-state index contributed by atoms with van der Waals surface area (Å²) in [7, 11) is 0. The second kappa shape index (κ2) is 5.25. The summed E-state index contributed by atoms with van der Waals surface area (Å²) in [5, 5.41) is 1.13. The summed E-state index contributed by atoms with van der Waals surface area (Å²) in [4.78, 5) is 9.94. The number of rotatable bonds is 4. The van der Waals surface area contributed by atoms with Gasteiger partial charge in [-0.25, -0.2) is 0 Å². The quantitative estimate of drug-likeness (QED) is 0.704.